The highest BCUT2D eigenvalue weighted by Crippen LogP contribution is 1.90. The molecule has 2 amide bonds. The van der Waals surface area contributed by atoms with E-state index in [0.29, 0.717) is 26.2 Å². The van der Waals surface area contributed by atoms with Crippen molar-refractivity contribution in [1.82, 2.24) is 16.0 Å². The van der Waals surface area contributed by atoms with E-state index in [1.54, 1.807) is 0 Å². The first-order chi connectivity index (χ1) is 9.11. The fourth-order valence-corrected chi connectivity index (χ4v) is 1.40. The van der Waals surface area contributed by atoms with E-state index in [4.69, 9.17) is 11.5 Å². The molecule has 0 aliphatic carbocycles. The average Bonchev–Trinajstić information content (AvgIpc) is 2.38. The minimum atomic E-state index is -0.783. The largest absolute Gasteiger partial charge is 0.355 e. The highest BCUT2D eigenvalue weighted by molar-refractivity contribution is 5.88. The summed E-state index contributed by atoms with van der Waals surface area (Å²) in [5.74, 6) is -0.488. The first kappa shape index (κ1) is 17.8. The fraction of sp³-hybridized carbons (Fsp3) is 0.833. The van der Waals surface area contributed by atoms with Crippen molar-refractivity contribution in [2.75, 3.05) is 32.7 Å². The molecule has 0 radical (unpaired) electrons. The molecule has 0 aliphatic rings. The second-order valence-electron chi connectivity index (χ2n) is 4.34. The van der Waals surface area contributed by atoms with Gasteiger partial charge in [-0.05, 0) is 6.42 Å². The zero-order valence-corrected chi connectivity index (χ0v) is 11.7. The molecule has 0 aromatic carbocycles. The molecule has 0 aromatic rings. The zero-order chi connectivity index (χ0) is 14.5. The molecule has 19 heavy (non-hydrogen) atoms. The molecule has 0 saturated carbocycles. The van der Waals surface area contributed by atoms with Crippen molar-refractivity contribution < 1.29 is 9.59 Å². The first-order valence-electron chi connectivity index (χ1n) is 6.82. The van der Waals surface area contributed by atoms with Crippen LogP contribution < -0.4 is 27.4 Å². The molecule has 112 valence electrons. The van der Waals surface area contributed by atoms with Crippen LogP contribution in [0.25, 0.3) is 0 Å². The number of carbonyl (C=O) groups is 2. The van der Waals surface area contributed by atoms with Crippen LogP contribution in [0.1, 0.15) is 26.2 Å². The van der Waals surface area contributed by atoms with Gasteiger partial charge in [0.1, 0.15) is 0 Å². The van der Waals surface area contributed by atoms with Crippen LogP contribution in [0.5, 0.6) is 0 Å². The van der Waals surface area contributed by atoms with Crippen LogP contribution in [0.15, 0.2) is 0 Å². The summed E-state index contributed by atoms with van der Waals surface area (Å²) < 4.78 is 0. The molecule has 0 bridgehead atoms. The molecule has 0 spiro atoms. The van der Waals surface area contributed by atoms with Crippen molar-refractivity contribution in [1.29, 1.82) is 0 Å². The molecule has 1 atom stereocenters. The molecule has 1 unspecified atom stereocenters. The second kappa shape index (κ2) is 11.9. The molecule has 7 nitrogen and oxygen atoms in total. The van der Waals surface area contributed by atoms with Gasteiger partial charge in [-0.2, -0.15) is 0 Å². The van der Waals surface area contributed by atoms with Crippen LogP contribution in [0.3, 0.4) is 0 Å². The summed E-state index contributed by atoms with van der Waals surface area (Å²) in [7, 11) is 0. The Morgan fingerprint density at radius 2 is 1.84 bits per heavy atom. The number of unbranched alkanes of at least 4 members (excludes halogenated alkanes) is 1. The van der Waals surface area contributed by atoms with Crippen LogP contribution in [-0.2, 0) is 9.59 Å². The number of hydrogen-bond acceptors (Lipinski definition) is 5. The standard InChI is InChI=1S/C12H27N5O2/c1-2-3-5-17-12(19)10(14)9-11(18)16-8-7-15-6-4-13/h10,15H,2-9,13-14H2,1H3,(H,16,18)(H,17,19). The van der Waals surface area contributed by atoms with E-state index in [2.05, 4.69) is 16.0 Å². The number of nitrogens with one attached hydrogen (secondary N) is 3. The van der Waals surface area contributed by atoms with E-state index in [1.807, 2.05) is 6.92 Å². The van der Waals surface area contributed by atoms with Crippen LogP contribution in [0.4, 0.5) is 0 Å². The topological polar surface area (TPSA) is 122 Å². The van der Waals surface area contributed by atoms with Crippen molar-refractivity contribution in [2.24, 2.45) is 11.5 Å². The van der Waals surface area contributed by atoms with Crippen molar-refractivity contribution in [3.05, 3.63) is 0 Å². The van der Waals surface area contributed by atoms with Gasteiger partial charge in [-0.25, -0.2) is 0 Å². The summed E-state index contributed by atoms with van der Waals surface area (Å²) in [5, 5.41) is 8.45. The van der Waals surface area contributed by atoms with E-state index < -0.39 is 6.04 Å². The van der Waals surface area contributed by atoms with E-state index in [9.17, 15) is 9.59 Å². The Bertz CT molecular complexity index is 261. The lowest BCUT2D eigenvalue weighted by Gasteiger charge is -2.12. The van der Waals surface area contributed by atoms with Crippen LogP contribution in [0.2, 0.25) is 0 Å². The molecule has 0 fully saturated rings. The third-order valence-electron chi connectivity index (χ3n) is 2.52. The monoisotopic (exact) mass is 273 g/mol. The lowest BCUT2D eigenvalue weighted by Crippen LogP contribution is -2.44. The van der Waals surface area contributed by atoms with E-state index >= 15 is 0 Å². The first-order valence-corrected chi connectivity index (χ1v) is 6.82. The third kappa shape index (κ3) is 10.4. The molecular weight excluding hydrogens is 246 g/mol. The highest BCUT2D eigenvalue weighted by atomic mass is 16.2. The maximum absolute atomic E-state index is 11.5. The Morgan fingerprint density at radius 1 is 1.11 bits per heavy atom. The summed E-state index contributed by atoms with van der Waals surface area (Å²) in [6, 6.07) is -0.783. The maximum atomic E-state index is 11.5. The summed E-state index contributed by atoms with van der Waals surface area (Å²) in [6.07, 6.45) is 1.93. The van der Waals surface area contributed by atoms with Gasteiger partial charge < -0.3 is 27.4 Å². The van der Waals surface area contributed by atoms with Gasteiger partial charge in [0, 0.05) is 32.7 Å². The number of carbonyl (C=O) groups excluding carboxylic acids is 2. The number of rotatable bonds is 11. The number of amides is 2. The lowest BCUT2D eigenvalue weighted by molar-refractivity contribution is -0.127. The van der Waals surface area contributed by atoms with Crippen LogP contribution >= 0.6 is 0 Å². The van der Waals surface area contributed by atoms with Gasteiger partial charge in [0.2, 0.25) is 11.8 Å². The van der Waals surface area contributed by atoms with Crippen molar-refractivity contribution in [2.45, 2.75) is 32.2 Å². The molecule has 7 heteroatoms. The molecule has 7 N–H and O–H groups in total. The Balaban J connectivity index is 3.64. The molecule has 0 saturated heterocycles. The Morgan fingerprint density at radius 3 is 2.47 bits per heavy atom. The van der Waals surface area contributed by atoms with Gasteiger partial charge >= 0.3 is 0 Å². The van der Waals surface area contributed by atoms with Gasteiger partial charge in [-0.3, -0.25) is 9.59 Å². The van der Waals surface area contributed by atoms with Gasteiger partial charge in [0.15, 0.2) is 0 Å². The van der Waals surface area contributed by atoms with E-state index in [-0.39, 0.29) is 18.2 Å². The zero-order valence-electron chi connectivity index (χ0n) is 11.7. The normalized spacial score (nSPS) is 11.9. The average molecular weight is 273 g/mol. The second-order valence-corrected chi connectivity index (χ2v) is 4.34. The minimum Gasteiger partial charge on any atom is -0.355 e. The third-order valence-corrected chi connectivity index (χ3v) is 2.52. The fourth-order valence-electron chi connectivity index (χ4n) is 1.40. The van der Waals surface area contributed by atoms with Crippen LogP contribution in [-0.4, -0.2) is 50.6 Å². The van der Waals surface area contributed by atoms with E-state index in [0.717, 1.165) is 19.4 Å². The van der Waals surface area contributed by atoms with Crippen molar-refractivity contribution >= 4 is 11.8 Å². The Labute approximate surface area is 114 Å². The summed E-state index contributed by atoms with van der Waals surface area (Å²) in [6.45, 7) is 5.09. The minimum absolute atomic E-state index is 0.00878. The Hall–Kier alpha value is -1.18. The van der Waals surface area contributed by atoms with Crippen molar-refractivity contribution in [3.8, 4) is 0 Å². The van der Waals surface area contributed by atoms with E-state index in [1.165, 1.54) is 0 Å². The summed E-state index contributed by atoms with van der Waals surface area (Å²) in [4.78, 5) is 23.0. The summed E-state index contributed by atoms with van der Waals surface area (Å²) in [5.41, 5.74) is 11.0. The van der Waals surface area contributed by atoms with Gasteiger partial charge in [0.25, 0.3) is 0 Å². The molecule has 0 rings (SSSR count). The molecule has 0 aliphatic heterocycles. The van der Waals surface area contributed by atoms with Gasteiger partial charge in [-0.15, -0.1) is 0 Å². The van der Waals surface area contributed by atoms with Crippen LogP contribution in [0, 0.1) is 0 Å². The quantitative estimate of drug-likeness (QED) is 0.287. The Kier molecular flexibility index (Phi) is 11.1. The maximum Gasteiger partial charge on any atom is 0.237 e. The number of hydrogen-bond donors (Lipinski definition) is 5. The molecule has 0 aromatic heterocycles. The number of nitrogens with two attached hydrogens (primary N) is 2. The predicted molar refractivity (Wildman–Crippen MR) is 75.4 cm³/mol. The highest BCUT2D eigenvalue weighted by Gasteiger charge is 2.16. The lowest BCUT2D eigenvalue weighted by atomic mass is 10.2. The van der Waals surface area contributed by atoms with Crippen molar-refractivity contribution in [3.63, 3.8) is 0 Å². The predicted octanol–water partition coefficient (Wildman–Crippen LogP) is -1.72. The smallest absolute Gasteiger partial charge is 0.237 e. The molecular formula is C12H27N5O2. The summed E-state index contributed by atoms with van der Waals surface area (Å²) >= 11 is 0. The van der Waals surface area contributed by atoms with Gasteiger partial charge in [-0.1, -0.05) is 13.3 Å². The SMILES string of the molecule is CCCCNC(=O)C(N)CC(=O)NCCNCCN. The van der Waals surface area contributed by atoms with Gasteiger partial charge in [0.05, 0.1) is 12.5 Å². The molecule has 0 heterocycles.